The van der Waals surface area contributed by atoms with Crippen LogP contribution in [0, 0.1) is 59.2 Å². The van der Waals surface area contributed by atoms with E-state index in [1.54, 1.807) is 0 Å². The van der Waals surface area contributed by atoms with Crippen molar-refractivity contribution in [1.29, 1.82) is 0 Å². The second-order valence-electron chi connectivity index (χ2n) is 13.4. The third kappa shape index (κ3) is 12.6. The zero-order valence-corrected chi connectivity index (χ0v) is 27.8. The highest BCUT2D eigenvalue weighted by Gasteiger charge is 2.16. The molecule has 2 aromatic carbocycles. The monoisotopic (exact) mass is 584 g/mol. The third-order valence-electron chi connectivity index (χ3n) is 7.58. The first-order chi connectivity index (χ1) is 21.1. The van der Waals surface area contributed by atoms with Crippen molar-refractivity contribution in [2.24, 2.45) is 0 Å². The Morgan fingerprint density at radius 3 is 1.09 bits per heavy atom. The number of hydrogen-bond acceptors (Lipinski definition) is 2. The molecule has 0 unspecified atom stereocenters. The van der Waals surface area contributed by atoms with E-state index >= 15 is 0 Å². The maximum absolute atomic E-state index is 6.16. The number of rotatable bonds is 0. The van der Waals surface area contributed by atoms with E-state index in [2.05, 4.69) is 125 Å². The summed E-state index contributed by atoms with van der Waals surface area (Å²) in [4.78, 5) is 0. The van der Waals surface area contributed by atoms with E-state index in [-0.39, 0.29) is 10.8 Å². The summed E-state index contributed by atoms with van der Waals surface area (Å²) in [7, 11) is 0. The minimum absolute atomic E-state index is 0.0224. The molecule has 2 aromatic rings. The van der Waals surface area contributed by atoms with Gasteiger partial charge in [0.2, 0.25) is 0 Å². The molecule has 0 radical (unpaired) electrons. The molecular formula is C42H48O2. The van der Waals surface area contributed by atoms with E-state index in [9.17, 15) is 0 Å². The lowest BCUT2D eigenvalue weighted by atomic mass is 9.86. The first kappa shape index (κ1) is 34.3. The SMILES string of the molecule is CC(C)(C)c1ccc2c(c1)C#CC#CC#CC#CC#Cc1cc(C(C)(C)C)ccc1OCCCCCCCCCCCCO2. The topological polar surface area (TPSA) is 18.5 Å². The average molecular weight is 585 g/mol. The fourth-order valence-corrected chi connectivity index (χ4v) is 4.81. The minimum atomic E-state index is 0.0224. The van der Waals surface area contributed by atoms with Crippen molar-refractivity contribution in [3.8, 4) is 70.7 Å². The molecule has 0 N–H and O–H groups in total. The van der Waals surface area contributed by atoms with E-state index in [1.807, 2.05) is 12.1 Å². The van der Waals surface area contributed by atoms with Gasteiger partial charge in [0.15, 0.2) is 0 Å². The highest BCUT2D eigenvalue weighted by molar-refractivity contribution is 5.54. The Morgan fingerprint density at radius 2 is 0.750 bits per heavy atom. The summed E-state index contributed by atoms with van der Waals surface area (Å²) in [6.07, 6.45) is 12.2. The second kappa shape index (κ2) is 17.8. The molecule has 1 aliphatic heterocycles. The molecule has 0 amide bonds. The Labute approximate surface area is 268 Å². The Bertz CT molecular complexity index is 1430. The van der Waals surface area contributed by atoms with Crippen LogP contribution in [0.5, 0.6) is 11.5 Å². The zero-order valence-electron chi connectivity index (χ0n) is 27.8. The first-order valence-electron chi connectivity index (χ1n) is 16.2. The zero-order chi connectivity index (χ0) is 31.7. The first-order valence-corrected chi connectivity index (χ1v) is 16.2. The number of hydrogen-bond donors (Lipinski definition) is 0. The Morgan fingerprint density at radius 1 is 0.432 bits per heavy atom. The fourth-order valence-electron chi connectivity index (χ4n) is 4.81. The van der Waals surface area contributed by atoms with Gasteiger partial charge in [-0.2, -0.15) is 0 Å². The molecule has 2 nitrogen and oxygen atoms in total. The number of benzene rings is 2. The van der Waals surface area contributed by atoms with Crippen LogP contribution in [0.25, 0.3) is 0 Å². The lowest BCUT2D eigenvalue weighted by Gasteiger charge is -2.20. The Balaban J connectivity index is 1.80. The van der Waals surface area contributed by atoms with E-state index in [1.165, 1.54) is 62.5 Å². The molecule has 1 heterocycles. The van der Waals surface area contributed by atoms with Crippen LogP contribution < -0.4 is 9.47 Å². The average Bonchev–Trinajstić information content (AvgIpc) is 2.97. The van der Waals surface area contributed by atoms with E-state index in [4.69, 9.17) is 9.47 Å². The molecule has 0 aromatic heterocycles. The summed E-state index contributed by atoms with van der Waals surface area (Å²) < 4.78 is 12.3. The van der Waals surface area contributed by atoms with Crippen LogP contribution in [-0.4, -0.2) is 13.2 Å². The molecule has 2 heteroatoms. The van der Waals surface area contributed by atoms with Gasteiger partial charge in [-0.15, -0.1) is 0 Å². The molecule has 0 atom stereocenters. The fraction of sp³-hybridized carbons (Fsp3) is 0.476. The highest BCUT2D eigenvalue weighted by Crippen LogP contribution is 2.29. The summed E-state index contributed by atoms with van der Waals surface area (Å²) in [5, 5.41) is 0. The van der Waals surface area contributed by atoms with Gasteiger partial charge in [0, 0.05) is 0 Å². The van der Waals surface area contributed by atoms with Crippen LogP contribution in [0.1, 0.15) is 128 Å². The summed E-state index contributed by atoms with van der Waals surface area (Å²) in [5.74, 6) is 30.6. The number of fused-ring (bicyclic) bond motifs is 2. The lowest BCUT2D eigenvalue weighted by Crippen LogP contribution is -2.11. The quantitative estimate of drug-likeness (QED) is 0.287. The normalized spacial score (nSPS) is 15.2. The van der Waals surface area contributed by atoms with Crippen molar-refractivity contribution in [2.75, 3.05) is 13.2 Å². The maximum atomic E-state index is 6.16. The molecule has 44 heavy (non-hydrogen) atoms. The molecule has 228 valence electrons. The van der Waals surface area contributed by atoms with Crippen molar-refractivity contribution >= 4 is 0 Å². The van der Waals surface area contributed by atoms with E-state index in [0.717, 1.165) is 35.5 Å². The number of ether oxygens (including phenoxy) is 2. The van der Waals surface area contributed by atoms with Crippen LogP contribution in [0.3, 0.4) is 0 Å². The Hall–Kier alpha value is -4.16. The van der Waals surface area contributed by atoms with Gasteiger partial charge in [0.25, 0.3) is 0 Å². The summed E-state index contributed by atoms with van der Waals surface area (Å²) in [6.45, 7) is 14.6. The molecule has 0 aliphatic carbocycles. The van der Waals surface area contributed by atoms with Gasteiger partial charge >= 0.3 is 0 Å². The predicted octanol–water partition coefficient (Wildman–Crippen LogP) is 9.37. The maximum Gasteiger partial charge on any atom is 0.134 e. The van der Waals surface area contributed by atoms with E-state index < -0.39 is 0 Å². The molecule has 0 spiro atoms. The van der Waals surface area contributed by atoms with Crippen LogP contribution >= 0.6 is 0 Å². The van der Waals surface area contributed by atoms with Crippen LogP contribution in [-0.2, 0) is 10.8 Å². The standard InChI is InChI=1S/C42H48O2/c1-41(2,3)37-27-29-39-35(33-37)25-21-17-13-9-10-14-18-22-26-36-34-38(42(4,5)6)28-30-40(36)44-32-24-20-16-12-8-7-11-15-19-23-31-43-39/h27-30,33-34H,7-8,11-12,15-16,19-20,23-24,31-32H2,1-6H3. The molecular weight excluding hydrogens is 536 g/mol. The predicted molar refractivity (Wildman–Crippen MR) is 185 cm³/mol. The smallest absolute Gasteiger partial charge is 0.134 e. The molecule has 0 saturated heterocycles. The minimum Gasteiger partial charge on any atom is -0.492 e. The van der Waals surface area contributed by atoms with Gasteiger partial charge < -0.3 is 9.47 Å². The van der Waals surface area contributed by atoms with Crippen LogP contribution in [0.4, 0.5) is 0 Å². The van der Waals surface area contributed by atoms with Crippen molar-refractivity contribution < 1.29 is 9.47 Å². The summed E-state index contributed by atoms with van der Waals surface area (Å²) in [6, 6.07) is 12.6. The Kier molecular flexibility index (Phi) is 13.9. The summed E-state index contributed by atoms with van der Waals surface area (Å²) in [5.41, 5.74) is 4.20. The third-order valence-corrected chi connectivity index (χ3v) is 7.58. The molecule has 0 saturated carbocycles. The van der Waals surface area contributed by atoms with Crippen molar-refractivity contribution in [2.45, 2.75) is 117 Å². The molecule has 0 fully saturated rings. The van der Waals surface area contributed by atoms with Gasteiger partial charge in [-0.25, -0.2) is 0 Å². The van der Waals surface area contributed by atoms with Gasteiger partial charge in [-0.1, -0.05) is 105 Å². The second-order valence-corrected chi connectivity index (χ2v) is 13.4. The van der Waals surface area contributed by atoms with Crippen molar-refractivity contribution in [3.05, 3.63) is 58.7 Å². The van der Waals surface area contributed by atoms with Gasteiger partial charge in [0.05, 0.1) is 24.3 Å². The molecule has 1 aliphatic rings. The largest absolute Gasteiger partial charge is 0.492 e. The highest BCUT2D eigenvalue weighted by atomic mass is 16.5. The lowest BCUT2D eigenvalue weighted by molar-refractivity contribution is 0.302. The van der Waals surface area contributed by atoms with Crippen molar-refractivity contribution in [3.63, 3.8) is 0 Å². The van der Waals surface area contributed by atoms with Gasteiger partial charge in [0.1, 0.15) is 11.5 Å². The molecule has 3 rings (SSSR count). The van der Waals surface area contributed by atoms with Gasteiger partial charge in [-0.3, -0.25) is 0 Å². The summed E-state index contributed by atoms with van der Waals surface area (Å²) >= 11 is 0. The van der Waals surface area contributed by atoms with Crippen LogP contribution in [0.2, 0.25) is 0 Å². The van der Waals surface area contributed by atoms with Crippen molar-refractivity contribution in [1.82, 2.24) is 0 Å². The van der Waals surface area contributed by atoms with Gasteiger partial charge in [-0.05, 0) is 118 Å². The molecule has 0 bridgehead atoms. The van der Waals surface area contributed by atoms with E-state index in [0.29, 0.717) is 13.2 Å². The van der Waals surface area contributed by atoms with Crippen LogP contribution in [0.15, 0.2) is 36.4 Å².